The summed E-state index contributed by atoms with van der Waals surface area (Å²) in [4.78, 5) is 11.1. The molecule has 0 aromatic rings. The van der Waals surface area contributed by atoms with E-state index in [2.05, 4.69) is 12.2 Å². The van der Waals surface area contributed by atoms with Crippen LogP contribution in [0.4, 0.5) is 0 Å². The van der Waals surface area contributed by atoms with Gasteiger partial charge in [0.15, 0.2) is 0 Å². The van der Waals surface area contributed by atoms with Crippen molar-refractivity contribution in [2.45, 2.75) is 40.0 Å². The topological polar surface area (TPSA) is 38.3 Å². The first-order chi connectivity index (χ1) is 6.66. The van der Waals surface area contributed by atoms with Crippen molar-refractivity contribution in [2.24, 2.45) is 5.92 Å². The number of rotatable bonds is 8. The molecule has 84 valence electrons. The first-order valence-electron chi connectivity index (χ1n) is 5.53. The van der Waals surface area contributed by atoms with Gasteiger partial charge in [0.2, 0.25) is 0 Å². The Morgan fingerprint density at radius 1 is 1.36 bits per heavy atom. The van der Waals surface area contributed by atoms with Gasteiger partial charge in [-0.2, -0.15) is 0 Å². The third-order valence-corrected chi connectivity index (χ3v) is 1.82. The Kier molecular flexibility index (Phi) is 8.64. The molecule has 0 aliphatic heterocycles. The summed E-state index contributed by atoms with van der Waals surface area (Å²) in [6.07, 6.45) is 2.90. The van der Waals surface area contributed by atoms with Crippen molar-refractivity contribution >= 4 is 5.97 Å². The summed E-state index contributed by atoms with van der Waals surface area (Å²) < 4.78 is 5.03. The second kappa shape index (κ2) is 9.00. The molecular formula is C11H23NO2. The van der Waals surface area contributed by atoms with Crippen molar-refractivity contribution in [3.8, 4) is 0 Å². The molecular weight excluding hydrogens is 178 g/mol. The van der Waals surface area contributed by atoms with Gasteiger partial charge in [-0.05, 0) is 18.9 Å². The maximum absolute atomic E-state index is 11.1. The van der Waals surface area contributed by atoms with E-state index in [0.29, 0.717) is 18.9 Å². The van der Waals surface area contributed by atoms with Gasteiger partial charge in [0, 0.05) is 13.0 Å². The van der Waals surface area contributed by atoms with E-state index in [4.69, 9.17) is 4.74 Å². The lowest BCUT2D eigenvalue weighted by Gasteiger charge is -2.07. The molecule has 0 aromatic carbocycles. The molecule has 1 N–H and O–H groups in total. The van der Waals surface area contributed by atoms with E-state index in [0.717, 1.165) is 13.1 Å². The van der Waals surface area contributed by atoms with E-state index < -0.39 is 0 Å². The highest BCUT2D eigenvalue weighted by molar-refractivity contribution is 5.69. The van der Waals surface area contributed by atoms with Gasteiger partial charge in [-0.1, -0.05) is 27.2 Å². The normalized spacial score (nSPS) is 10.6. The molecule has 0 atom stereocenters. The molecule has 0 unspecified atom stereocenters. The zero-order valence-electron chi connectivity index (χ0n) is 9.64. The van der Waals surface area contributed by atoms with Crippen molar-refractivity contribution in [2.75, 3.05) is 19.7 Å². The van der Waals surface area contributed by atoms with E-state index in [1.807, 2.05) is 13.8 Å². The molecule has 3 heteroatoms. The fourth-order valence-corrected chi connectivity index (χ4v) is 1.06. The maximum atomic E-state index is 11.1. The number of nitrogens with one attached hydrogen (secondary N) is 1. The zero-order chi connectivity index (χ0) is 10.8. The monoisotopic (exact) mass is 201 g/mol. The molecule has 0 aliphatic rings. The second-order valence-corrected chi connectivity index (χ2v) is 3.92. The first kappa shape index (κ1) is 13.4. The fourth-order valence-electron chi connectivity index (χ4n) is 1.06. The lowest BCUT2D eigenvalue weighted by Crippen LogP contribution is -2.22. The van der Waals surface area contributed by atoms with E-state index in [1.54, 1.807) is 0 Å². The molecule has 3 nitrogen and oxygen atoms in total. The Hall–Kier alpha value is -0.570. The zero-order valence-corrected chi connectivity index (χ0v) is 9.64. The predicted octanol–water partition coefficient (Wildman–Crippen LogP) is 1.97. The number of hydrogen-bond donors (Lipinski definition) is 1. The van der Waals surface area contributed by atoms with Gasteiger partial charge in [0.1, 0.15) is 6.61 Å². The maximum Gasteiger partial charge on any atom is 0.306 e. The lowest BCUT2D eigenvalue weighted by molar-refractivity contribution is -0.144. The number of carbonyl (C=O) groups excluding carboxylic acids is 1. The minimum absolute atomic E-state index is 0.0858. The van der Waals surface area contributed by atoms with Crippen LogP contribution in [0.2, 0.25) is 0 Å². The molecule has 0 saturated heterocycles. The Bertz CT molecular complexity index is 146. The third kappa shape index (κ3) is 9.52. The quantitative estimate of drug-likeness (QED) is 0.482. The summed E-state index contributed by atoms with van der Waals surface area (Å²) in [7, 11) is 0. The molecule has 0 rings (SSSR count). The molecule has 0 radical (unpaired) electrons. The highest BCUT2D eigenvalue weighted by Gasteiger charge is 2.04. The molecule has 0 spiro atoms. The van der Waals surface area contributed by atoms with Crippen LogP contribution in [0, 0.1) is 5.92 Å². The molecule has 0 amide bonds. The largest absolute Gasteiger partial charge is 0.464 e. The average Bonchev–Trinajstić information content (AvgIpc) is 2.10. The van der Waals surface area contributed by atoms with Crippen LogP contribution < -0.4 is 5.32 Å². The van der Waals surface area contributed by atoms with Crippen LogP contribution in [0.5, 0.6) is 0 Å². The second-order valence-electron chi connectivity index (χ2n) is 3.92. The van der Waals surface area contributed by atoms with Crippen LogP contribution in [0.1, 0.15) is 40.0 Å². The minimum atomic E-state index is -0.0858. The summed E-state index contributed by atoms with van der Waals surface area (Å²) in [6.45, 7) is 8.46. The van der Waals surface area contributed by atoms with Crippen molar-refractivity contribution in [3.05, 3.63) is 0 Å². The van der Waals surface area contributed by atoms with Crippen LogP contribution in [0.3, 0.4) is 0 Å². The van der Waals surface area contributed by atoms with Gasteiger partial charge in [-0.25, -0.2) is 0 Å². The third-order valence-electron chi connectivity index (χ3n) is 1.82. The SMILES string of the molecule is CCCCNCCOC(=O)CC(C)C. The van der Waals surface area contributed by atoms with Crippen LogP contribution in [-0.4, -0.2) is 25.7 Å². The Labute approximate surface area is 87.2 Å². The van der Waals surface area contributed by atoms with E-state index in [9.17, 15) is 4.79 Å². The van der Waals surface area contributed by atoms with E-state index in [-0.39, 0.29) is 5.97 Å². The standard InChI is InChI=1S/C11H23NO2/c1-4-5-6-12-7-8-14-11(13)9-10(2)3/h10,12H,4-9H2,1-3H3. The van der Waals surface area contributed by atoms with E-state index in [1.165, 1.54) is 12.8 Å². The summed E-state index contributed by atoms with van der Waals surface area (Å²) in [5, 5.41) is 3.22. The van der Waals surface area contributed by atoms with Crippen LogP contribution in [0.25, 0.3) is 0 Å². The van der Waals surface area contributed by atoms with Gasteiger partial charge in [-0.15, -0.1) is 0 Å². The lowest BCUT2D eigenvalue weighted by atomic mass is 10.1. The first-order valence-corrected chi connectivity index (χ1v) is 5.53. The minimum Gasteiger partial charge on any atom is -0.464 e. The summed E-state index contributed by atoms with van der Waals surface area (Å²) in [6, 6.07) is 0. The Balaban J connectivity index is 3.15. The molecule has 0 fully saturated rings. The summed E-state index contributed by atoms with van der Waals surface area (Å²) in [5.41, 5.74) is 0. The highest BCUT2D eigenvalue weighted by Crippen LogP contribution is 2.00. The van der Waals surface area contributed by atoms with Crippen LogP contribution in [-0.2, 0) is 9.53 Å². The van der Waals surface area contributed by atoms with Gasteiger partial charge in [0.25, 0.3) is 0 Å². The Morgan fingerprint density at radius 2 is 2.07 bits per heavy atom. The highest BCUT2D eigenvalue weighted by atomic mass is 16.5. The van der Waals surface area contributed by atoms with Crippen LogP contribution >= 0.6 is 0 Å². The van der Waals surface area contributed by atoms with Crippen molar-refractivity contribution in [1.29, 1.82) is 0 Å². The number of esters is 1. The van der Waals surface area contributed by atoms with Crippen molar-refractivity contribution in [1.82, 2.24) is 5.32 Å². The van der Waals surface area contributed by atoms with Crippen molar-refractivity contribution < 1.29 is 9.53 Å². The smallest absolute Gasteiger partial charge is 0.306 e. The van der Waals surface area contributed by atoms with E-state index >= 15 is 0 Å². The van der Waals surface area contributed by atoms with Crippen molar-refractivity contribution in [3.63, 3.8) is 0 Å². The summed E-state index contributed by atoms with van der Waals surface area (Å²) >= 11 is 0. The van der Waals surface area contributed by atoms with Gasteiger partial charge >= 0.3 is 5.97 Å². The van der Waals surface area contributed by atoms with Gasteiger partial charge in [0.05, 0.1) is 0 Å². The fraction of sp³-hybridized carbons (Fsp3) is 0.909. The Morgan fingerprint density at radius 3 is 2.64 bits per heavy atom. The average molecular weight is 201 g/mol. The number of hydrogen-bond acceptors (Lipinski definition) is 3. The number of unbranched alkanes of at least 4 members (excludes halogenated alkanes) is 1. The molecule has 0 aliphatic carbocycles. The van der Waals surface area contributed by atoms with Gasteiger partial charge in [-0.3, -0.25) is 4.79 Å². The molecule has 0 heterocycles. The van der Waals surface area contributed by atoms with Gasteiger partial charge < -0.3 is 10.1 Å². The molecule has 14 heavy (non-hydrogen) atoms. The summed E-state index contributed by atoms with van der Waals surface area (Å²) in [5.74, 6) is 0.299. The number of ether oxygens (including phenoxy) is 1. The molecule has 0 saturated carbocycles. The number of carbonyl (C=O) groups is 1. The molecule has 0 aromatic heterocycles. The van der Waals surface area contributed by atoms with Crippen LogP contribution in [0.15, 0.2) is 0 Å². The predicted molar refractivity (Wildman–Crippen MR) is 58.2 cm³/mol. The molecule has 0 bridgehead atoms.